The van der Waals surface area contributed by atoms with Gasteiger partial charge in [-0.05, 0) is 18.9 Å². The summed E-state index contributed by atoms with van der Waals surface area (Å²) in [5, 5.41) is 24.6. The van der Waals surface area contributed by atoms with E-state index in [1.165, 1.54) is 0 Å². The molecule has 0 aliphatic rings. The van der Waals surface area contributed by atoms with E-state index in [1.54, 1.807) is 19.1 Å². The maximum absolute atomic E-state index is 11.6. The molecule has 0 amide bonds. The fourth-order valence-electron chi connectivity index (χ4n) is 2.17. The summed E-state index contributed by atoms with van der Waals surface area (Å²) in [5.41, 5.74) is -0.635. The molecule has 2 N–H and O–H groups in total. The van der Waals surface area contributed by atoms with Crippen molar-refractivity contribution in [1.82, 2.24) is 0 Å². The summed E-state index contributed by atoms with van der Waals surface area (Å²) in [4.78, 5) is 10.4. The molecule has 0 aliphatic heterocycles. The van der Waals surface area contributed by atoms with Crippen LogP contribution in [0, 0.1) is 10.1 Å². The lowest BCUT2D eigenvalue weighted by atomic mass is 9.93. The molecule has 1 heterocycles. The molecule has 7 nitrogen and oxygen atoms in total. The molecule has 0 fully saturated rings. The molecular formula is C15H18N2O5S2. The van der Waals surface area contributed by atoms with Crippen molar-refractivity contribution in [3.8, 4) is 0 Å². The molecule has 9 heteroatoms. The van der Waals surface area contributed by atoms with Crippen LogP contribution in [-0.4, -0.2) is 31.2 Å². The van der Waals surface area contributed by atoms with Gasteiger partial charge in [0.15, 0.2) is 14.8 Å². The molecule has 0 saturated carbocycles. The van der Waals surface area contributed by atoms with E-state index in [9.17, 15) is 23.6 Å². The fraction of sp³-hybridized carbons (Fsp3) is 0.333. The number of anilines is 1. The van der Waals surface area contributed by atoms with Crippen LogP contribution in [0.2, 0.25) is 0 Å². The molecule has 0 aliphatic carbocycles. The Bertz CT molecular complexity index is 829. The quantitative estimate of drug-likeness (QED) is 0.573. The fourth-order valence-corrected chi connectivity index (χ4v) is 4.13. The third-order valence-corrected chi connectivity index (χ3v) is 6.43. The van der Waals surface area contributed by atoms with E-state index < -0.39 is 20.4 Å². The lowest BCUT2D eigenvalue weighted by Gasteiger charge is -2.23. The third kappa shape index (κ3) is 4.31. The molecule has 2 aromatic rings. The van der Waals surface area contributed by atoms with Crippen molar-refractivity contribution in [2.24, 2.45) is 0 Å². The van der Waals surface area contributed by atoms with Crippen molar-refractivity contribution in [3.05, 3.63) is 52.1 Å². The van der Waals surface area contributed by atoms with Gasteiger partial charge in [-0.2, -0.15) is 0 Å². The SMILES string of the molecule is CC(O)(CCNc1sc(S(C)(=O)=O)cc1[N+](=O)[O-])c1ccccc1. The predicted octanol–water partition coefficient (Wildman–Crippen LogP) is 2.77. The zero-order valence-electron chi connectivity index (χ0n) is 13.2. The smallest absolute Gasteiger partial charge is 0.304 e. The van der Waals surface area contributed by atoms with E-state index in [0.29, 0.717) is 6.42 Å². The Hall–Kier alpha value is -1.97. The van der Waals surface area contributed by atoms with Crippen molar-refractivity contribution in [2.45, 2.75) is 23.2 Å². The molecule has 1 aromatic heterocycles. The maximum Gasteiger partial charge on any atom is 0.304 e. The zero-order valence-corrected chi connectivity index (χ0v) is 14.9. The molecule has 1 unspecified atom stereocenters. The first-order chi connectivity index (χ1) is 11.1. The van der Waals surface area contributed by atoms with Crippen molar-refractivity contribution in [1.29, 1.82) is 0 Å². The van der Waals surface area contributed by atoms with Gasteiger partial charge in [-0.15, -0.1) is 0 Å². The largest absolute Gasteiger partial charge is 0.385 e. The number of aliphatic hydroxyl groups is 1. The average Bonchev–Trinajstić information content (AvgIpc) is 2.92. The lowest BCUT2D eigenvalue weighted by Crippen LogP contribution is -2.24. The maximum atomic E-state index is 11.6. The van der Waals surface area contributed by atoms with Crippen LogP contribution in [0.1, 0.15) is 18.9 Å². The number of nitrogens with zero attached hydrogens (tertiary/aromatic N) is 1. The van der Waals surface area contributed by atoms with Gasteiger partial charge >= 0.3 is 5.69 Å². The zero-order chi connectivity index (χ0) is 18.0. The van der Waals surface area contributed by atoms with Crippen LogP contribution >= 0.6 is 11.3 Å². The number of nitro groups is 1. The van der Waals surface area contributed by atoms with Crippen LogP contribution < -0.4 is 5.32 Å². The molecule has 0 spiro atoms. The predicted molar refractivity (Wildman–Crippen MR) is 93.2 cm³/mol. The van der Waals surface area contributed by atoms with E-state index in [1.807, 2.05) is 18.2 Å². The second-order valence-electron chi connectivity index (χ2n) is 5.63. The van der Waals surface area contributed by atoms with Gasteiger partial charge in [-0.25, -0.2) is 8.42 Å². The average molecular weight is 370 g/mol. The molecule has 1 aromatic carbocycles. The summed E-state index contributed by atoms with van der Waals surface area (Å²) in [6.45, 7) is 1.92. The minimum absolute atomic E-state index is 0.0634. The molecule has 0 radical (unpaired) electrons. The number of sulfone groups is 1. The van der Waals surface area contributed by atoms with Crippen LogP contribution in [0.5, 0.6) is 0 Å². The minimum atomic E-state index is -3.51. The van der Waals surface area contributed by atoms with Gasteiger partial charge in [0.25, 0.3) is 0 Å². The van der Waals surface area contributed by atoms with Gasteiger partial charge in [-0.1, -0.05) is 41.7 Å². The highest BCUT2D eigenvalue weighted by Crippen LogP contribution is 2.37. The Morgan fingerprint density at radius 1 is 1.33 bits per heavy atom. The van der Waals surface area contributed by atoms with Crippen LogP contribution in [0.3, 0.4) is 0 Å². The van der Waals surface area contributed by atoms with Crippen molar-refractivity contribution in [3.63, 3.8) is 0 Å². The molecule has 2 rings (SSSR count). The second kappa shape index (κ2) is 6.88. The van der Waals surface area contributed by atoms with Gasteiger partial charge in [0, 0.05) is 18.9 Å². The lowest BCUT2D eigenvalue weighted by molar-refractivity contribution is -0.383. The highest BCUT2D eigenvalue weighted by Gasteiger charge is 2.26. The standard InChI is InChI=1S/C15H18N2O5S2/c1-15(18,11-6-4-3-5-7-11)8-9-16-14-12(17(19)20)10-13(23-14)24(2,21)22/h3-7,10,16,18H,8-9H2,1-2H3. The highest BCUT2D eigenvalue weighted by molar-refractivity contribution is 7.92. The van der Waals surface area contributed by atoms with E-state index in [2.05, 4.69) is 5.32 Å². The molecule has 1 atom stereocenters. The van der Waals surface area contributed by atoms with Crippen molar-refractivity contribution >= 4 is 31.9 Å². The first-order valence-electron chi connectivity index (χ1n) is 7.11. The third-order valence-electron chi connectivity index (χ3n) is 3.55. The topological polar surface area (TPSA) is 110 Å². The van der Waals surface area contributed by atoms with E-state index in [4.69, 9.17) is 0 Å². The van der Waals surface area contributed by atoms with E-state index in [-0.39, 0.29) is 21.4 Å². The van der Waals surface area contributed by atoms with Crippen molar-refractivity contribution < 1.29 is 18.4 Å². The Morgan fingerprint density at radius 2 is 1.96 bits per heavy atom. The van der Waals surface area contributed by atoms with Gasteiger partial charge in [0.05, 0.1) is 10.5 Å². The number of nitrogens with one attached hydrogen (secondary N) is 1. The van der Waals surface area contributed by atoms with E-state index in [0.717, 1.165) is 29.2 Å². The molecule has 24 heavy (non-hydrogen) atoms. The molecule has 0 saturated heterocycles. The number of hydrogen-bond acceptors (Lipinski definition) is 7. The summed E-state index contributed by atoms with van der Waals surface area (Å²) in [7, 11) is -3.51. The number of rotatable bonds is 7. The second-order valence-corrected chi connectivity index (χ2v) is 8.92. The van der Waals surface area contributed by atoms with Crippen molar-refractivity contribution in [2.75, 3.05) is 18.1 Å². The summed E-state index contributed by atoms with van der Waals surface area (Å²) < 4.78 is 23.1. The summed E-state index contributed by atoms with van der Waals surface area (Å²) in [6, 6.07) is 10.1. The van der Waals surface area contributed by atoms with Gasteiger partial charge in [0.2, 0.25) is 0 Å². The minimum Gasteiger partial charge on any atom is -0.385 e. The van der Waals surface area contributed by atoms with Crippen LogP contribution in [0.25, 0.3) is 0 Å². The van der Waals surface area contributed by atoms with E-state index >= 15 is 0 Å². The molecule has 130 valence electrons. The molecule has 0 bridgehead atoms. The molecular weight excluding hydrogens is 352 g/mol. The first kappa shape index (κ1) is 18.4. The Kier molecular flexibility index (Phi) is 5.26. The Labute approximate surface area is 144 Å². The van der Waals surface area contributed by atoms with Crippen LogP contribution in [0.4, 0.5) is 10.7 Å². The number of thiophene rings is 1. The monoisotopic (exact) mass is 370 g/mol. The van der Waals surface area contributed by atoms with Gasteiger partial charge < -0.3 is 10.4 Å². The summed E-state index contributed by atoms with van der Waals surface area (Å²) >= 11 is 0.819. The highest BCUT2D eigenvalue weighted by atomic mass is 32.2. The Balaban J connectivity index is 2.12. The van der Waals surface area contributed by atoms with Gasteiger partial charge in [-0.3, -0.25) is 10.1 Å². The number of hydrogen-bond donors (Lipinski definition) is 2. The first-order valence-corrected chi connectivity index (χ1v) is 9.82. The normalized spacial score (nSPS) is 14.1. The van der Waals surface area contributed by atoms with Crippen LogP contribution in [0.15, 0.2) is 40.6 Å². The summed E-state index contributed by atoms with van der Waals surface area (Å²) in [5.74, 6) is 0. The summed E-state index contributed by atoms with van der Waals surface area (Å²) in [6.07, 6.45) is 1.31. The van der Waals surface area contributed by atoms with Crippen LogP contribution in [-0.2, 0) is 15.4 Å². The van der Waals surface area contributed by atoms with Gasteiger partial charge in [0.1, 0.15) is 4.21 Å². The Morgan fingerprint density at radius 3 is 2.50 bits per heavy atom. The number of benzene rings is 1.